The molecule has 0 atom stereocenters. The number of hydrogen-bond donors (Lipinski definition) is 1. The molecular weight excluding hydrogens is 292 g/mol. The number of hydrogen-bond acceptors (Lipinski definition) is 3. The lowest BCUT2D eigenvalue weighted by Crippen LogP contribution is -1.99. The van der Waals surface area contributed by atoms with Crippen LogP contribution in [0, 0.1) is 0 Å². The molecule has 0 bridgehead atoms. The van der Waals surface area contributed by atoms with Gasteiger partial charge in [0.15, 0.2) is 0 Å². The molecule has 0 unspecified atom stereocenters. The molecule has 0 saturated heterocycles. The maximum absolute atomic E-state index is 10.4. The van der Waals surface area contributed by atoms with Gasteiger partial charge in [-0.05, 0) is 17.7 Å². The number of ether oxygens (including phenoxy) is 1. The number of benzene rings is 1. The molecule has 0 fully saturated rings. The SMILES string of the molecule is O=C(O)CSCc1cc(Br)cc2c1OCC2. The van der Waals surface area contributed by atoms with Crippen molar-refractivity contribution < 1.29 is 14.6 Å². The molecule has 0 saturated carbocycles. The number of halogens is 1. The molecule has 1 aromatic rings. The summed E-state index contributed by atoms with van der Waals surface area (Å²) >= 11 is 4.84. The van der Waals surface area contributed by atoms with E-state index >= 15 is 0 Å². The summed E-state index contributed by atoms with van der Waals surface area (Å²) in [4.78, 5) is 10.4. The maximum Gasteiger partial charge on any atom is 0.313 e. The first-order valence-electron chi connectivity index (χ1n) is 4.90. The van der Waals surface area contributed by atoms with E-state index in [2.05, 4.69) is 22.0 Å². The summed E-state index contributed by atoms with van der Waals surface area (Å²) < 4.78 is 6.59. The Bertz CT molecular complexity index is 420. The summed E-state index contributed by atoms with van der Waals surface area (Å²) in [7, 11) is 0. The minimum Gasteiger partial charge on any atom is -0.493 e. The van der Waals surface area contributed by atoms with E-state index in [0.717, 1.165) is 28.8 Å². The van der Waals surface area contributed by atoms with Crippen molar-refractivity contribution in [1.82, 2.24) is 0 Å². The standard InChI is InChI=1S/C11H11BrO3S/c12-9-3-7-1-2-15-11(7)8(4-9)5-16-6-10(13)14/h3-4H,1-2,5-6H2,(H,13,14). The highest BCUT2D eigenvalue weighted by Gasteiger charge is 2.17. The van der Waals surface area contributed by atoms with Crippen LogP contribution >= 0.6 is 27.7 Å². The fourth-order valence-corrected chi connectivity index (χ4v) is 2.97. The largest absolute Gasteiger partial charge is 0.493 e. The Balaban J connectivity index is 2.11. The molecule has 16 heavy (non-hydrogen) atoms. The van der Waals surface area contributed by atoms with Crippen molar-refractivity contribution >= 4 is 33.7 Å². The quantitative estimate of drug-likeness (QED) is 0.929. The summed E-state index contributed by atoms with van der Waals surface area (Å²) in [5.41, 5.74) is 2.29. The van der Waals surface area contributed by atoms with Crippen molar-refractivity contribution in [3.63, 3.8) is 0 Å². The van der Waals surface area contributed by atoms with Gasteiger partial charge in [0.05, 0.1) is 12.4 Å². The van der Waals surface area contributed by atoms with Gasteiger partial charge < -0.3 is 9.84 Å². The highest BCUT2D eigenvalue weighted by atomic mass is 79.9. The summed E-state index contributed by atoms with van der Waals surface area (Å²) in [5, 5.41) is 8.58. The molecule has 3 nitrogen and oxygen atoms in total. The van der Waals surface area contributed by atoms with Gasteiger partial charge in [-0.1, -0.05) is 15.9 Å². The zero-order valence-corrected chi connectivity index (χ0v) is 10.9. The second-order valence-corrected chi connectivity index (χ2v) is 5.44. The van der Waals surface area contributed by atoms with Crippen LogP contribution < -0.4 is 4.74 Å². The summed E-state index contributed by atoms with van der Waals surface area (Å²) in [6, 6.07) is 4.06. The average molecular weight is 303 g/mol. The smallest absolute Gasteiger partial charge is 0.313 e. The number of fused-ring (bicyclic) bond motifs is 1. The molecule has 1 heterocycles. The Kier molecular flexibility index (Phi) is 3.76. The number of carboxylic acids is 1. The van der Waals surface area contributed by atoms with Crippen molar-refractivity contribution in [2.24, 2.45) is 0 Å². The third-order valence-electron chi connectivity index (χ3n) is 2.31. The number of carbonyl (C=O) groups is 1. The van der Waals surface area contributed by atoms with Crippen LogP contribution in [-0.4, -0.2) is 23.4 Å². The lowest BCUT2D eigenvalue weighted by atomic mass is 10.1. The van der Waals surface area contributed by atoms with Crippen LogP contribution in [0.2, 0.25) is 0 Å². The molecule has 1 aliphatic heterocycles. The number of thioether (sulfide) groups is 1. The normalized spacial score (nSPS) is 13.3. The van der Waals surface area contributed by atoms with Gasteiger partial charge in [0.1, 0.15) is 5.75 Å². The molecule has 1 aromatic carbocycles. The van der Waals surface area contributed by atoms with E-state index in [0.29, 0.717) is 5.75 Å². The van der Waals surface area contributed by atoms with Gasteiger partial charge in [-0.3, -0.25) is 4.79 Å². The Morgan fingerprint density at radius 1 is 1.56 bits per heavy atom. The van der Waals surface area contributed by atoms with Crippen LogP contribution in [0.3, 0.4) is 0 Å². The predicted octanol–water partition coefficient (Wildman–Crippen LogP) is 2.70. The van der Waals surface area contributed by atoms with E-state index in [-0.39, 0.29) is 5.75 Å². The Morgan fingerprint density at radius 3 is 3.12 bits per heavy atom. The van der Waals surface area contributed by atoms with Gasteiger partial charge in [-0.15, -0.1) is 11.8 Å². The van der Waals surface area contributed by atoms with Gasteiger partial charge in [-0.25, -0.2) is 0 Å². The molecule has 5 heteroatoms. The second kappa shape index (κ2) is 5.10. The topological polar surface area (TPSA) is 46.5 Å². The van der Waals surface area contributed by atoms with Crippen molar-refractivity contribution in [1.29, 1.82) is 0 Å². The van der Waals surface area contributed by atoms with E-state index in [1.165, 1.54) is 17.3 Å². The number of carboxylic acid groups (broad SMARTS) is 1. The number of rotatable bonds is 4. The molecule has 0 spiro atoms. The van der Waals surface area contributed by atoms with E-state index in [1.807, 2.05) is 6.07 Å². The van der Waals surface area contributed by atoms with Crippen molar-refractivity contribution in [3.8, 4) is 5.75 Å². The summed E-state index contributed by atoms with van der Waals surface area (Å²) in [5.74, 6) is 0.966. The fourth-order valence-electron chi connectivity index (χ4n) is 1.70. The molecule has 0 amide bonds. The highest BCUT2D eigenvalue weighted by Crippen LogP contribution is 2.34. The molecule has 1 aliphatic rings. The lowest BCUT2D eigenvalue weighted by molar-refractivity contribution is -0.133. The Morgan fingerprint density at radius 2 is 2.38 bits per heavy atom. The van der Waals surface area contributed by atoms with Gasteiger partial charge in [0.2, 0.25) is 0 Å². The minimum absolute atomic E-state index is 0.126. The third kappa shape index (κ3) is 2.71. The average Bonchev–Trinajstić information content (AvgIpc) is 2.64. The first-order chi connectivity index (χ1) is 7.66. The van der Waals surface area contributed by atoms with E-state index in [4.69, 9.17) is 9.84 Å². The lowest BCUT2D eigenvalue weighted by Gasteiger charge is -2.08. The zero-order valence-electron chi connectivity index (χ0n) is 8.53. The molecule has 2 rings (SSSR count). The second-order valence-electron chi connectivity index (χ2n) is 3.54. The molecule has 86 valence electrons. The van der Waals surface area contributed by atoms with Crippen LogP contribution in [0.15, 0.2) is 16.6 Å². The molecule has 1 N–H and O–H groups in total. The predicted molar refractivity (Wildman–Crippen MR) is 67.1 cm³/mol. The van der Waals surface area contributed by atoms with Crippen molar-refractivity contribution in [2.75, 3.05) is 12.4 Å². The number of aliphatic carboxylic acids is 1. The van der Waals surface area contributed by atoms with Gasteiger partial charge >= 0.3 is 5.97 Å². The summed E-state index contributed by atoms with van der Waals surface area (Å²) in [6.07, 6.45) is 0.936. The maximum atomic E-state index is 10.4. The Hall–Kier alpha value is -0.680. The van der Waals surface area contributed by atoms with E-state index in [1.54, 1.807) is 0 Å². The third-order valence-corrected chi connectivity index (χ3v) is 3.73. The van der Waals surface area contributed by atoms with Crippen LogP contribution in [0.1, 0.15) is 11.1 Å². The first kappa shape index (κ1) is 11.8. The molecule has 0 aliphatic carbocycles. The monoisotopic (exact) mass is 302 g/mol. The van der Waals surface area contributed by atoms with Crippen molar-refractivity contribution in [3.05, 3.63) is 27.7 Å². The van der Waals surface area contributed by atoms with Crippen LogP contribution in [0.25, 0.3) is 0 Å². The fraction of sp³-hybridized carbons (Fsp3) is 0.364. The molecule has 0 radical (unpaired) electrons. The molecule has 0 aromatic heterocycles. The van der Waals surface area contributed by atoms with Gasteiger partial charge in [0.25, 0.3) is 0 Å². The Labute approximate surface area is 106 Å². The van der Waals surface area contributed by atoms with Gasteiger partial charge in [0, 0.05) is 22.2 Å². The van der Waals surface area contributed by atoms with Gasteiger partial charge in [-0.2, -0.15) is 0 Å². The van der Waals surface area contributed by atoms with Crippen LogP contribution in [-0.2, 0) is 17.0 Å². The van der Waals surface area contributed by atoms with Crippen molar-refractivity contribution in [2.45, 2.75) is 12.2 Å². The highest BCUT2D eigenvalue weighted by molar-refractivity contribution is 9.10. The van der Waals surface area contributed by atoms with E-state index in [9.17, 15) is 4.79 Å². The van der Waals surface area contributed by atoms with Crippen LogP contribution in [0.5, 0.6) is 5.75 Å². The molecular formula is C11H11BrO3S. The first-order valence-corrected chi connectivity index (χ1v) is 6.85. The zero-order chi connectivity index (χ0) is 11.5. The minimum atomic E-state index is -0.780. The van der Waals surface area contributed by atoms with Crippen LogP contribution in [0.4, 0.5) is 0 Å². The summed E-state index contributed by atoms with van der Waals surface area (Å²) in [6.45, 7) is 0.725. The van der Waals surface area contributed by atoms with E-state index < -0.39 is 5.97 Å².